The molecule has 0 aromatic carbocycles. The molecule has 2 atom stereocenters. The maximum Gasteiger partial charge on any atom is 0.00701 e. The van der Waals surface area contributed by atoms with Crippen LogP contribution in [0.1, 0.15) is 40.0 Å². The van der Waals surface area contributed by atoms with Crippen molar-refractivity contribution in [2.75, 3.05) is 6.54 Å². The van der Waals surface area contributed by atoms with Gasteiger partial charge in [-0.15, -0.1) is 0 Å². The Morgan fingerprint density at radius 2 is 2.09 bits per heavy atom. The zero-order valence-corrected chi connectivity index (χ0v) is 8.06. The monoisotopic (exact) mass is 155 g/mol. The molecule has 1 heterocycles. The molecule has 0 bridgehead atoms. The fraction of sp³-hybridized carbons (Fsp3) is 1.00. The van der Waals surface area contributed by atoms with Gasteiger partial charge in [0.05, 0.1) is 0 Å². The lowest BCUT2D eigenvalue weighted by Gasteiger charge is -2.19. The second-order valence-electron chi connectivity index (χ2n) is 4.25. The van der Waals surface area contributed by atoms with Crippen LogP contribution in [0.4, 0.5) is 0 Å². The van der Waals surface area contributed by atoms with E-state index in [1.54, 1.807) is 0 Å². The van der Waals surface area contributed by atoms with E-state index in [1.807, 2.05) is 0 Å². The summed E-state index contributed by atoms with van der Waals surface area (Å²) in [6.45, 7) is 8.25. The first-order valence-electron chi connectivity index (χ1n) is 4.93. The van der Waals surface area contributed by atoms with Gasteiger partial charge < -0.3 is 5.32 Å². The van der Waals surface area contributed by atoms with Crippen molar-refractivity contribution >= 4 is 0 Å². The fourth-order valence-corrected chi connectivity index (χ4v) is 1.68. The average Bonchev–Trinajstić information content (AvgIpc) is 2.39. The van der Waals surface area contributed by atoms with Gasteiger partial charge in [-0.3, -0.25) is 0 Å². The second kappa shape index (κ2) is 4.10. The van der Waals surface area contributed by atoms with E-state index in [-0.39, 0.29) is 0 Å². The fourth-order valence-electron chi connectivity index (χ4n) is 1.68. The predicted octanol–water partition coefficient (Wildman–Crippen LogP) is 2.42. The van der Waals surface area contributed by atoms with Crippen LogP contribution in [0.2, 0.25) is 0 Å². The summed E-state index contributed by atoms with van der Waals surface area (Å²) in [5, 5.41) is 3.54. The highest BCUT2D eigenvalue weighted by molar-refractivity contribution is 4.76. The largest absolute Gasteiger partial charge is 0.314 e. The maximum absolute atomic E-state index is 3.54. The van der Waals surface area contributed by atoms with Gasteiger partial charge in [-0.2, -0.15) is 0 Å². The Labute approximate surface area is 70.6 Å². The van der Waals surface area contributed by atoms with Crippen LogP contribution in [0.3, 0.4) is 0 Å². The molecule has 1 heteroatoms. The van der Waals surface area contributed by atoms with Gasteiger partial charge in [0.25, 0.3) is 0 Å². The third-order valence-corrected chi connectivity index (χ3v) is 2.96. The predicted molar refractivity (Wildman–Crippen MR) is 49.6 cm³/mol. The Balaban J connectivity index is 2.18. The van der Waals surface area contributed by atoms with Crippen LogP contribution in [0.25, 0.3) is 0 Å². The van der Waals surface area contributed by atoms with Crippen LogP contribution in [0.15, 0.2) is 0 Å². The lowest BCUT2D eigenvalue weighted by atomic mass is 9.91. The Morgan fingerprint density at radius 1 is 1.36 bits per heavy atom. The van der Waals surface area contributed by atoms with E-state index in [4.69, 9.17) is 0 Å². The van der Waals surface area contributed by atoms with Crippen molar-refractivity contribution in [1.82, 2.24) is 5.32 Å². The molecule has 1 aliphatic heterocycles. The van der Waals surface area contributed by atoms with Crippen LogP contribution in [-0.2, 0) is 0 Å². The molecule has 1 fully saturated rings. The molecular weight excluding hydrogens is 134 g/mol. The van der Waals surface area contributed by atoms with Gasteiger partial charge in [0.1, 0.15) is 0 Å². The van der Waals surface area contributed by atoms with Crippen molar-refractivity contribution in [2.45, 2.75) is 46.1 Å². The topological polar surface area (TPSA) is 12.0 Å². The highest BCUT2D eigenvalue weighted by atomic mass is 14.9. The molecular formula is C10H21N. The normalized spacial score (nSPS) is 27.8. The Kier molecular flexibility index (Phi) is 3.38. The summed E-state index contributed by atoms with van der Waals surface area (Å²) >= 11 is 0. The number of nitrogens with one attached hydrogen (secondary N) is 1. The van der Waals surface area contributed by atoms with E-state index < -0.39 is 0 Å². The molecule has 1 rings (SSSR count). The quantitative estimate of drug-likeness (QED) is 0.660. The van der Waals surface area contributed by atoms with Crippen molar-refractivity contribution in [1.29, 1.82) is 0 Å². The van der Waals surface area contributed by atoms with Gasteiger partial charge >= 0.3 is 0 Å². The highest BCUT2D eigenvalue weighted by Gasteiger charge is 2.18. The third-order valence-electron chi connectivity index (χ3n) is 2.96. The van der Waals surface area contributed by atoms with Crippen LogP contribution < -0.4 is 5.32 Å². The number of rotatable bonds is 3. The first-order valence-corrected chi connectivity index (χ1v) is 4.93. The molecule has 1 saturated heterocycles. The zero-order chi connectivity index (χ0) is 8.27. The molecule has 0 saturated carbocycles. The summed E-state index contributed by atoms with van der Waals surface area (Å²) < 4.78 is 0. The molecule has 66 valence electrons. The van der Waals surface area contributed by atoms with Gasteiger partial charge in [-0.05, 0) is 37.6 Å². The standard InChI is InChI=1S/C10H21N/c1-8(2)9(3)7-10-5-4-6-11-10/h8-11H,4-7H2,1-3H3. The minimum Gasteiger partial charge on any atom is -0.314 e. The van der Waals surface area contributed by atoms with Crippen molar-refractivity contribution < 1.29 is 0 Å². The van der Waals surface area contributed by atoms with E-state index >= 15 is 0 Å². The Hall–Kier alpha value is -0.0400. The van der Waals surface area contributed by atoms with E-state index in [1.165, 1.54) is 25.8 Å². The van der Waals surface area contributed by atoms with Gasteiger partial charge in [-0.1, -0.05) is 20.8 Å². The molecule has 1 N–H and O–H groups in total. The molecule has 0 aromatic rings. The number of hydrogen-bond acceptors (Lipinski definition) is 1. The molecule has 11 heavy (non-hydrogen) atoms. The first kappa shape index (κ1) is 9.05. The zero-order valence-electron chi connectivity index (χ0n) is 8.06. The van der Waals surface area contributed by atoms with E-state index in [9.17, 15) is 0 Å². The lowest BCUT2D eigenvalue weighted by Crippen LogP contribution is -2.25. The van der Waals surface area contributed by atoms with Gasteiger partial charge in [0.2, 0.25) is 0 Å². The summed E-state index contributed by atoms with van der Waals surface area (Å²) in [7, 11) is 0. The first-order chi connectivity index (χ1) is 5.20. The van der Waals surface area contributed by atoms with Crippen molar-refractivity contribution in [3.63, 3.8) is 0 Å². The van der Waals surface area contributed by atoms with Crippen LogP contribution >= 0.6 is 0 Å². The Bertz CT molecular complexity index is 103. The molecule has 1 aliphatic rings. The molecule has 0 radical (unpaired) electrons. The summed E-state index contributed by atoms with van der Waals surface area (Å²) in [5.74, 6) is 1.72. The van der Waals surface area contributed by atoms with E-state index in [0.29, 0.717) is 0 Å². The molecule has 0 amide bonds. The summed E-state index contributed by atoms with van der Waals surface area (Å²) in [6, 6.07) is 0.826. The summed E-state index contributed by atoms with van der Waals surface area (Å²) in [5.41, 5.74) is 0. The molecule has 0 aromatic heterocycles. The van der Waals surface area contributed by atoms with Gasteiger partial charge in [-0.25, -0.2) is 0 Å². The van der Waals surface area contributed by atoms with Crippen LogP contribution in [0, 0.1) is 11.8 Å². The van der Waals surface area contributed by atoms with E-state index in [2.05, 4.69) is 26.1 Å². The van der Waals surface area contributed by atoms with Gasteiger partial charge in [0, 0.05) is 6.04 Å². The molecule has 2 unspecified atom stereocenters. The van der Waals surface area contributed by atoms with Gasteiger partial charge in [0.15, 0.2) is 0 Å². The van der Waals surface area contributed by atoms with Crippen molar-refractivity contribution in [3.05, 3.63) is 0 Å². The minimum absolute atomic E-state index is 0.826. The molecule has 1 nitrogen and oxygen atoms in total. The SMILES string of the molecule is CC(C)C(C)CC1CCCN1. The third kappa shape index (κ3) is 2.82. The van der Waals surface area contributed by atoms with Crippen LogP contribution in [-0.4, -0.2) is 12.6 Å². The Morgan fingerprint density at radius 3 is 2.55 bits per heavy atom. The smallest absolute Gasteiger partial charge is 0.00701 e. The average molecular weight is 155 g/mol. The van der Waals surface area contributed by atoms with E-state index in [0.717, 1.165) is 17.9 Å². The summed E-state index contributed by atoms with van der Waals surface area (Å²) in [4.78, 5) is 0. The molecule has 0 aliphatic carbocycles. The van der Waals surface area contributed by atoms with Crippen molar-refractivity contribution in [3.8, 4) is 0 Å². The maximum atomic E-state index is 3.54. The summed E-state index contributed by atoms with van der Waals surface area (Å²) in [6.07, 6.45) is 4.16. The van der Waals surface area contributed by atoms with Crippen LogP contribution in [0.5, 0.6) is 0 Å². The second-order valence-corrected chi connectivity index (χ2v) is 4.25. The molecule has 0 spiro atoms. The lowest BCUT2D eigenvalue weighted by molar-refractivity contribution is 0.347. The van der Waals surface area contributed by atoms with Crippen molar-refractivity contribution in [2.24, 2.45) is 11.8 Å². The highest BCUT2D eigenvalue weighted by Crippen LogP contribution is 2.20. The number of hydrogen-bond donors (Lipinski definition) is 1. The minimum atomic E-state index is 0.826.